The van der Waals surface area contributed by atoms with Crippen molar-refractivity contribution in [2.24, 2.45) is 0 Å². The normalized spacial score (nSPS) is 25.0. The van der Waals surface area contributed by atoms with Crippen molar-refractivity contribution in [1.82, 2.24) is 0 Å². The first-order valence-electron chi connectivity index (χ1n) is 9.18. The van der Waals surface area contributed by atoms with Gasteiger partial charge in [-0.25, -0.2) is 0 Å². The van der Waals surface area contributed by atoms with Crippen molar-refractivity contribution in [1.29, 1.82) is 0 Å². The van der Waals surface area contributed by atoms with Crippen LogP contribution in [-0.2, 0) is 21.6 Å². The van der Waals surface area contributed by atoms with Gasteiger partial charge in [0.05, 0.1) is 29.0 Å². The molecule has 0 aliphatic carbocycles. The number of carbonyl (C=O) groups is 1. The van der Waals surface area contributed by atoms with Gasteiger partial charge < -0.3 is 15.2 Å². The van der Waals surface area contributed by atoms with Gasteiger partial charge in [0.15, 0.2) is 0 Å². The minimum Gasteiger partial charge on any atom is -0.385 e. The van der Waals surface area contributed by atoms with Crippen LogP contribution in [-0.4, -0.2) is 23.7 Å². The lowest BCUT2D eigenvalue weighted by molar-refractivity contribution is -0.116. The zero-order valence-electron chi connectivity index (χ0n) is 15.1. The van der Waals surface area contributed by atoms with Gasteiger partial charge in [0.25, 0.3) is 0 Å². The molecule has 4 nitrogen and oxygen atoms in total. The summed E-state index contributed by atoms with van der Waals surface area (Å²) in [6, 6.07) is 12.0. The second-order valence-corrected chi connectivity index (χ2v) is 8.84. The Balaban J connectivity index is 1.59. The van der Waals surface area contributed by atoms with Crippen LogP contribution in [0.2, 0.25) is 5.02 Å². The first-order chi connectivity index (χ1) is 12.9. The molecule has 27 heavy (non-hydrogen) atoms. The number of amides is 1. The van der Waals surface area contributed by atoms with E-state index >= 15 is 0 Å². The Kier molecular flexibility index (Phi) is 5.21. The quantitative estimate of drug-likeness (QED) is 0.775. The van der Waals surface area contributed by atoms with Crippen LogP contribution in [0.25, 0.3) is 0 Å². The van der Waals surface area contributed by atoms with E-state index in [9.17, 15) is 9.90 Å². The third kappa shape index (κ3) is 4.02. The first-order valence-corrected chi connectivity index (χ1v) is 10.4. The van der Waals surface area contributed by atoms with E-state index in [-0.39, 0.29) is 12.0 Å². The highest BCUT2D eigenvalue weighted by Gasteiger charge is 2.35. The van der Waals surface area contributed by atoms with Gasteiger partial charge in [-0.05, 0) is 48.7 Å². The maximum Gasteiger partial charge on any atom is 0.224 e. The fourth-order valence-electron chi connectivity index (χ4n) is 3.80. The van der Waals surface area contributed by atoms with Gasteiger partial charge in [-0.2, -0.15) is 0 Å². The third-order valence-corrected chi connectivity index (χ3v) is 6.44. The Morgan fingerprint density at radius 2 is 2.11 bits per heavy atom. The van der Waals surface area contributed by atoms with Crippen LogP contribution in [0.15, 0.2) is 46.2 Å². The molecule has 1 amide bonds. The number of anilines is 1. The summed E-state index contributed by atoms with van der Waals surface area (Å²) in [6.07, 6.45) is 2.45. The number of rotatable bonds is 3. The number of nitrogens with one attached hydrogen (secondary N) is 1. The molecule has 4 rings (SSSR count). The molecule has 2 aliphatic rings. The summed E-state index contributed by atoms with van der Waals surface area (Å²) in [5.41, 5.74) is 1.89. The van der Waals surface area contributed by atoms with Crippen molar-refractivity contribution in [3.8, 4) is 0 Å². The second kappa shape index (κ2) is 7.47. The predicted molar refractivity (Wildman–Crippen MR) is 108 cm³/mol. The van der Waals surface area contributed by atoms with E-state index in [1.165, 1.54) is 0 Å². The maximum atomic E-state index is 11.6. The number of carbonyl (C=O) groups excluding carboxylic acids is 1. The van der Waals surface area contributed by atoms with Crippen molar-refractivity contribution in [2.45, 2.75) is 54.1 Å². The highest BCUT2D eigenvalue weighted by molar-refractivity contribution is 7.99. The number of halogens is 1. The molecule has 2 aromatic carbocycles. The second-order valence-electron chi connectivity index (χ2n) is 7.28. The Labute approximate surface area is 168 Å². The summed E-state index contributed by atoms with van der Waals surface area (Å²) in [7, 11) is 0. The van der Waals surface area contributed by atoms with Crippen molar-refractivity contribution in [3.05, 3.63) is 52.5 Å². The van der Waals surface area contributed by atoms with Crippen LogP contribution < -0.4 is 5.32 Å². The van der Waals surface area contributed by atoms with E-state index in [0.717, 1.165) is 26.6 Å². The van der Waals surface area contributed by atoms with Crippen LogP contribution in [0.3, 0.4) is 0 Å². The van der Waals surface area contributed by atoms with E-state index in [2.05, 4.69) is 17.4 Å². The molecule has 0 bridgehead atoms. The van der Waals surface area contributed by atoms with Crippen LogP contribution in [0.4, 0.5) is 5.69 Å². The van der Waals surface area contributed by atoms with Crippen molar-refractivity contribution >= 4 is 35.0 Å². The first kappa shape index (κ1) is 18.8. The highest BCUT2D eigenvalue weighted by Crippen LogP contribution is 2.40. The standard InChI is InChI=1S/C21H22ClNO3S/c1-13-12-21(25,7-8-26-13)15-3-2-4-16(10-15)27-17-9-14-5-6-19(24)23-20(14)18(22)11-17/h2-4,9-11,13,25H,5-8,12H2,1H3,(H,23,24)/t13-,21+/m0/s1. The molecule has 1 saturated heterocycles. The Morgan fingerprint density at radius 3 is 2.93 bits per heavy atom. The molecule has 2 aromatic rings. The maximum absolute atomic E-state index is 11.6. The molecule has 1 fully saturated rings. The molecule has 6 heteroatoms. The van der Waals surface area contributed by atoms with Gasteiger partial charge in [-0.1, -0.05) is 35.5 Å². The number of aryl methyl sites for hydroxylation is 1. The number of benzene rings is 2. The zero-order chi connectivity index (χ0) is 19.0. The van der Waals surface area contributed by atoms with Crippen molar-refractivity contribution in [3.63, 3.8) is 0 Å². The van der Waals surface area contributed by atoms with E-state index in [1.54, 1.807) is 11.8 Å². The molecule has 0 radical (unpaired) electrons. The topological polar surface area (TPSA) is 58.6 Å². The smallest absolute Gasteiger partial charge is 0.224 e. The third-order valence-electron chi connectivity index (χ3n) is 5.18. The predicted octanol–water partition coefficient (Wildman–Crippen LogP) is 4.76. The minimum absolute atomic E-state index is 0.0106. The summed E-state index contributed by atoms with van der Waals surface area (Å²) >= 11 is 8.00. The van der Waals surface area contributed by atoms with Crippen molar-refractivity contribution < 1.29 is 14.6 Å². The molecule has 2 N–H and O–H groups in total. The molecule has 2 aliphatic heterocycles. The average Bonchev–Trinajstić information content (AvgIpc) is 2.62. The molecule has 142 valence electrons. The van der Waals surface area contributed by atoms with Gasteiger partial charge in [0, 0.05) is 29.1 Å². The molecule has 0 aromatic heterocycles. The molecule has 0 spiro atoms. The average molecular weight is 404 g/mol. The Bertz CT molecular complexity index is 888. The summed E-state index contributed by atoms with van der Waals surface area (Å²) in [5.74, 6) is 0.0106. The lowest BCUT2D eigenvalue weighted by atomic mass is 9.84. The Hall–Kier alpha value is -1.53. The number of fused-ring (bicyclic) bond motifs is 1. The summed E-state index contributed by atoms with van der Waals surface area (Å²) in [4.78, 5) is 13.7. The van der Waals surface area contributed by atoms with Gasteiger partial charge in [0.1, 0.15) is 0 Å². The number of ether oxygens (including phenoxy) is 1. The molecular formula is C21H22ClNO3S. The van der Waals surface area contributed by atoms with E-state index in [4.69, 9.17) is 16.3 Å². The molecular weight excluding hydrogens is 382 g/mol. The lowest BCUT2D eigenvalue weighted by Crippen LogP contribution is -2.37. The minimum atomic E-state index is -0.841. The molecule has 0 saturated carbocycles. The van der Waals surface area contributed by atoms with Gasteiger partial charge in [-0.15, -0.1) is 0 Å². The zero-order valence-corrected chi connectivity index (χ0v) is 16.7. The van der Waals surface area contributed by atoms with Gasteiger partial charge in [-0.3, -0.25) is 4.79 Å². The van der Waals surface area contributed by atoms with Crippen LogP contribution in [0, 0.1) is 0 Å². The Morgan fingerprint density at radius 1 is 1.26 bits per heavy atom. The van der Waals surface area contributed by atoms with E-state index in [1.807, 2.05) is 31.2 Å². The van der Waals surface area contributed by atoms with Crippen LogP contribution in [0.5, 0.6) is 0 Å². The number of hydrogen-bond acceptors (Lipinski definition) is 4. The summed E-state index contributed by atoms with van der Waals surface area (Å²) in [5, 5.41) is 14.5. The molecule has 0 unspecified atom stereocenters. The molecule has 2 atom stereocenters. The monoisotopic (exact) mass is 403 g/mol. The fraction of sp³-hybridized carbons (Fsp3) is 0.381. The summed E-state index contributed by atoms with van der Waals surface area (Å²) < 4.78 is 5.58. The van der Waals surface area contributed by atoms with E-state index < -0.39 is 5.60 Å². The highest BCUT2D eigenvalue weighted by atomic mass is 35.5. The van der Waals surface area contributed by atoms with Crippen LogP contribution in [0.1, 0.15) is 37.3 Å². The number of aliphatic hydroxyl groups is 1. The molecule has 2 heterocycles. The van der Waals surface area contributed by atoms with E-state index in [0.29, 0.717) is 37.3 Å². The van der Waals surface area contributed by atoms with Gasteiger partial charge in [0.2, 0.25) is 5.91 Å². The fourth-order valence-corrected chi connectivity index (χ4v) is 5.13. The lowest BCUT2D eigenvalue weighted by Gasteiger charge is -2.36. The largest absolute Gasteiger partial charge is 0.385 e. The SMILES string of the molecule is C[C@H]1C[C@@](O)(c2cccc(Sc3cc(Cl)c4c(c3)CCC(=O)N4)c2)CCO1. The van der Waals surface area contributed by atoms with Crippen molar-refractivity contribution in [2.75, 3.05) is 11.9 Å². The van der Waals surface area contributed by atoms with Crippen LogP contribution >= 0.6 is 23.4 Å². The summed E-state index contributed by atoms with van der Waals surface area (Å²) in [6.45, 7) is 2.57. The number of hydrogen-bond donors (Lipinski definition) is 2. The van der Waals surface area contributed by atoms with Gasteiger partial charge >= 0.3 is 0 Å².